The number of rotatable bonds is 2. The average Bonchev–Trinajstić information content (AvgIpc) is 2.81. The highest BCUT2D eigenvalue weighted by atomic mass is 16.4. The van der Waals surface area contributed by atoms with E-state index >= 15 is 0 Å². The van der Waals surface area contributed by atoms with Gasteiger partial charge < -0.3 is 14.3 Å². The minimum Gasteiger partial charge on any atom is -0.550 e. The van der Waals surface area contributed by atoms with Crippen molar-refractivity contribution >= 4 is 16.9 Å². The minimum atomic E-state index is -1.07. The van der Waals surface area contributed by atoms with E-state index in [4.69, 9.17) is 4.42 Å². The summed E-state index contributed by atoms with van der Waals surface area (Å²) in [6.45, 7) is 0. The first-order valence-corrected chi connectivity index (χ1v) is 5.46. The van der Waals surface area contributed by atoms with Crippen LogP contribution >= 0.6 is 0 Å². The van der Waals surface area contributed by atoms with E-state index in [2.05, 4.69) is 6.07 Å². The molecule has 0 atom stereocenters. The predicted octanol–water partition coefficient (Wildman–Crippen LogP) is 1.21. The SMILES string of the molecule is O=C([O-])Cc1coc2cc3c(cc12)CCC3. The van der Waals surface area contributed by atoms with Crippen LogP contribution < -0.4 is 5.11 Å². The van der Waals surface area contributed by atoms with E-state index in [0.29, 0.717) is 5.56 Å². The number of carbonyl (C=O) groups is 1. The lowest BCUT2D eigenvalue weighted by atomic mass is 10.0. The van der Waals surface area contributed by atoms with Gasteiger partial charge in [-0.25, -0.2) is 0 Å². The van der Waals surface area contributed by atoms with Crippen molar-refractivity contribution in [2.24, 2.45) is 0 Å². The predicted molar refractivity (Wildman–Crippen MR) is 57.0 cm³/mol. The molecule has 0 N–H and O–H groups in total. The lowest BCUT2D eigenvalue weighted by molar-refractivity contribution is -0.304. The van der Waals surface area contributed by atoms with Gasteiger partial charge in [0.1, 0.15) is 5.58 Å². The van der Waals surface area contributed by atoms with Gasteiger partial charge in [0, 0.05) is 23.3 Å². The number of aliphatic carboxylic acids is 1. The third kappa shape index (κ3) is 1.40. The van der Waals surface area contributed by atoms with Crippen molar-refractivity contribution < 1.29 is 14.3 Å². The fraction of sp³-hybridized carbons (Fsp3) is 0.308. The summed E-state index contributed by atoms with van der Waals surface area (Å²) in [7, 11) is 0. The molecule has 3 rings (SSSR count). The van der Waals surface area contributed by atoms with Crippen molar-refractivity contribution in [3.63, 3.8) is 0 Å². The molecule has 16 heavy (non-hydrogen) atoms. The zero-order valence-corrected chi connectivity index (χ0v) is 8.79. The summed E-state index contributed by atoms with van der Waals surface area (Å²) in [6, 6.07) is 4.11. The van der Waals surface area contributed by atoms with Crippen molar-refractivity contribution in [3.8, 4) is 0 Å². The third-order valence-corrected chi connectivity index (χ3v) is 3.20. The van der Waals surface area contributed by atoms with E-state index in [1.54, 1.807) is 0 Å². The van der Waals surface area contributed by atoms with Crippen LogP contribution in [0.5, 0.6) is 0 Å². The molecule has 0 amide bonds. The molecule has 0 saturated heterocycles. The Morgan fingerprint density at radius 3 is 2.81 bits per heavy atom. The lowest BCUT2D eigenvalue weighted by Crippen LogP contribution is -2.24. The molecule has 1 aliphatic rings. The van der Waals surface area contributed by atoms with Crippen molar-refractivity contribution in [2.45, 2.75) is 25.7 Å². The standard InChI is InChI=1S/C13H12O3/c14-13(15)6-10-7-16-12-5-9-3-1-2-8(9)4-11(10)12/h4-5,7H,1-3,6H2,(H,14,15)/p-1. The number of carboxylic acids is 1. The Bertz CT molecular complexity index is 566. The van der Waals surface area contributed by atoms with Crippen molar-refractivity contribution in [1.82, 2.24) is 0 Å². The molecule has 0 radical (unpaired) electrons. The molecular weight excluding hydrogens is 204 g/mol. The molecule has 0 saturated carbocycles. The maximum Gasteiger partial charge on any atom is 0.134 e. The highest BCUT2D eigenvalue weighted by Crippen LogP contribution is 2.30. The van der Waals surface area contributed by atoms with Gasteiger partial charge in [0.2, 0.25) is 0 Å². The van der Waals surface area contributed by atoms with Crippen LogP contribution in [0.3, 0.4) is 0 Å². The van der Waals surface area contributed by atoms with Crippen LogP contribution in [0.1, 0.15) is 23.1 Å². The zero-order valence-electron chi connectivity index (χ0n) is 8.79. The number of hydrogen-bond donors (Lipinski definition) is 0. The average molecular weight is 215 g/mol. The summed E-state index contributed by atoms with van der Waals surface area (Å²) in [5, 5.41) is 11.5. The van der Waals surface area contributed by atoms with Crippen LogP contribution in [-0.2, 0) is 24.1 Å². The van der Waals surface area contributed by atoms with Crippen LogP contribution in [-0.4, -0.2) is 5.97 Å². The summed E-state index contributed by atoms with van der Waals surface area (Å²) >= 11 is 0. The Balaban J connectivity index is 2.15. The van der Waals surface area contributed by atoms with E-state index in [9.17, 15) is 9.90 Å². The molecular formula is C13H11O3-. The van der Waals surface area contributed by atoms with Gasteiger partial charge in [0.15, 0.2) is 0 Å². The third-order valence-electron chi connectivity index (χ3n) is 3.20. The summed E-state index contributed by atoms with van der Waals surface area (Å²) in [4.78, 5) is 10.6. The Labute approximate surface area is 92.7 Å². The molecule has 1 aliphatic carbocycles. The summed E-state index contributed by atoms with van der Waals surface area (Å²) < 4.78 is 5.38. The molecule has 3 nitrogen and oxygen atoms in total. The van der Waals surface area contributed by atoms with Gasteiger partial charge in [-0.2, -0.15) is 0 Å². The Morgan fingerprint density at radius 1 is 1.31 bits per heavy atom. The smallest absolute Gasteiger partial charge is 0.134 e. The van der Waals surface area contributed by atoms with Gasteiger partial charge in [0.05, 0.1) is 6.26 Å². The summed E-state index contributed by atoms with van der Waals surface area (Å²) in [5.41, 5.74) is 4.16. The maximum atomic E-state index is 10.6. The molecule has 0 spiro atoms. The Hall–Kier alpha value is -1.77. The zero-order chi connectivity index (χ0) is 11.1. The number of aryl methyl sites for hydroxylation is 2. The van der Waals surface area contributed by atoms with Crippen LogP contribution in [0.2, 0.25) is 0 Å². The summed E-state index contributed by atoms with van der Waals surface area (Å²) in [6.07, 6.45) is 4.81. The molecule has 1 aromatic carbocycles. The lowest BCUT2D eigenvalue weighted by Gasteiger charge is -2.01. The molecule has 1 aromatic heterocycles. The van der Waals surface area contributed by atoms with E-state index in [0.717, 1.165) is 23.8 Å². The maximum absolute atomic E-state index is 10.6. The van der Waals surface area contributed by atoms with Gasteiger partial charge in [-0.3, -0.25) is 0 Å². The number of furan rings is 1. The fourth-order valence-corrected chi connectivity index (χ4v) is 2.44. The fourth-order valence-electron chi connectivity index (χ4n) is 2.44. The Kier molecular flexibility index (Phi) is 1.99. The number of carbonyl (C=O) groups excluding carboxylic acids is 1. The molecule has 0 fully saturated rings. The molecule has 2 aromatic rings. The van der Waals surface area contributed by atoms with Gasteiger partial charge in [-0.05, 0) is 42.5 Å². The van der Waals surface area contributed by atoms with Gasteiger partial charge in [-0.15, -0.1) is 0 Å². The minimum absolute atomic E-state index is 0.0776. The second kappa shape index (κ2) is 3.37. The largest absolute Gasteiger partial charge is 0.550 e. The van der Waals surface area contributed by atoms with E-state index < -0.39 is 5.97 Å². The van der Waals surface area contributed by atoms with E-state index in [1.165, 1.54) is 23.8 Å². The number of hydrogen-bond acceptors (Lipinski definition) is 3. The highest BCUT2D eigenvalue weighted by Gasteiger charge is 2.15. The second-order valence-electron chi connectivity index (χ2n) is 4.28. The quantitative estimate of drug-likeness (QED) is 0.756. The van der Waals surface area contributed by atoms with Gasteiger partial charge in [0.25, 0.3) is 0 Å². The first kappa shape index (κ1) is 9.46. The first-order chi connectivity index (χ1) is 7.74. The van der Waals surface area contributed by atoms with Crippen LogP contribution in [0.15, 0.2) is 22.8 Å². The monoisotopic (exact) mass is 215 g/mol. The Morgan fingerprint density at radius 2 is 2.06 bits per heavy atom. The van der Waals surface area contributed by atoms with Crippen LogP contribution in [0, 0.1) is 0 Å². The second-order valence-corrected chi connectivity index (χ2v) is 4.28. The van der Waals surface area contributed by atoms with Gasteiger partial charge in [-0.1, -0.05) is 0 Å². The van der Waals surface area contributed by atoms with E-state index in [-0.39, 0.29) is 6.42 Å². The van der Waals surface area contributed by atoms with Crippen molar-refractivity contribution in [3.05, 3.63) is 35.1 Å². The highest BCUT2D eigenvalue weighted by molar-refractivity contribution is 5.86. The molecule has 0 unspecified atom stereocenters. The molecule has 3 heteroatoms. The van der Waals surface area contributed by atoms with E-state index in [1.807, 2.05) is 6.07 Å². The molecule has 0 bridgehead atoms. The van der Waals surface area contributed by atoms with Crippen molar-refractivity contribution in [2.75, 3.05) is 0 Å². The first-order valence-electron chi connectivity index (χ1n) is 5.46. The topological polar surface area (TPSA) is 53.3 Å². The number of benzene rings is 1. The number of fused-ring (bicyclic) bond motifs is 2. The van der Waals surface area contributed by atoms with Gasteiger partial charge >= 0.3 is 0 Å². The molecule has 0 aliphatic heterocycles. The van der Waals surface area contributed by atoms with Crippen LogP contribution in [0.25, 0.3) is 11.0 Å². The number of carboxylic acid groups (broad SMARTS) is 1. The van der Waals surface area contributed by atoms with Crippen LogP contribution in [0.4, 0.5) is 0 Å². The van der Waals surface area contributed by atoms with Crippen molar-refractivity contribution in [1.29, 1.82) is 0 Å². The molecule has 82 valence electrons. The molecule has 1 heterocycles. The normalized spacial score (nSPS) is 14.2. The summed E-state index contributed by atoms with van der Waals surface area (Å²) in [5.74, 6) is -1.07.